The summed E-state index contributed by atoms with van der Waals surface area (Å²) in [6, 6.07) is 6.20. The van der Waals surface area contributed by atoms with Crippen LogP contribution in [-0.2, 0) is 16.0 Å². The van der Waals surface area contributed by atoms with Gasteiger partial charge < -0.3 is 29.5 Å². The fraction of sp³-hybridized carbons (Fsp3) is 0.767. The molecule has 0 aromatic heterocycles. The molecule has 1 aromatic rings. The van der Waals surface area contributed by atoms with Gasteiger partial charge in [-0.25, -0.2) is 0 Å². The van der Waals surface area contributed by atoms with E-state index in [1.807, 2.05) is 6.07 Å². The van der Waals surface area contributed by atoms with E-state index < -0.39 is 5.60 Å². The summed E-state index contributed by atoms with van der Waals surface area (Å²) in [6.07, 6.45) is 8.93. The maximum absolute atomic E-state index is 12.6. The summed E-state index contributed by atoms with van der Waals surface area (Å²) in [7, 11) is 3.36. The van der Waals surface area contributed by atoms with Crippen LogP contribution in [-0.4, -0.2) is 75.1 Å². The first-order valence-corrected chi connectivity index (χ1v) is 14.3. The monoisotopic (exact) mass is 592 g/mol. The molecule has 1 fully saturated rings. The number of benzene rings is 1. The molecule has 9 heteroatoms. The maximum atomic E-state index is 12.6. The minimum atomic E-state index is -1.32. The molecule has 0 bridgehead atoms. The predicted octanol–water partition coefficient (Wildman–Crippen LogP) is 5.68. The van der Waals surface area contributed by atoms with Crippen LogP contribution < -0.4 is 14.8 Å². The number of likely N-dealkylation sites (tertiary alicyclic amines) is 1. The molecule has 1 aromatic carbocycles. The van der Waals surface area contributed by atoms with Gasteiger partial charge in [-0.15, -0.1) is 24.8 Å². The van der Waals surface area contributed by atoms with Gasteiger partial charge >= 0.3 is 0 Å². The average Bonchev–Trinajstić information content (AvgIpc) is 2.89. The lowest BCUT2D eigenvalue weighted by molar-refractivity contribution is -0.138. The summed E-state index contributed by atoms with van der Waals surface area (Å²) < 4.78 is 16.5. The Morgan fingerprint density at radius 3 is 2.41 bits per heavy atom. The van der Waals surface area contributed by atoms with Gasteiger partial charge in [0, 0.05) is 33.2 Å². The summed E-state index contributed by atoms with van der Waals surface area (Å²) in [5.74, 6) is 2.32. The second-order valence-corrected chi connectivity index (χ2v) is 11.1. The smallest absolute Gasteiger partial charge is 0.251 e. The van der Waals surface area contributed by atoms with Crippen LogP contribution in [0.4, 0.5) is 0 Å². The van der Waals surface area contributed by atoms with Gasteiger partial charge in [0.05, 0.1) is 13.7 Å². The molecular weight excluding hydrogens is 539 g/mol. The summed E-state index contributed by atoms with van der Waals surface area (Å²) in [5, 5.41) is 13.7. The van der Waals surface area contributed by atoms with Crippen LogP contribution in [0.3, 0.4) is 0 Å². The molecule has 0 aliphatic carbocycles. The summed E-state index contributed by atoms with van der Waals surface area (Å²) in [6.45, 7) is 11.1. The van der Waals surface area contributed by atoms with Gasteiger partial charge in [-0.2, -0.15) is 0 Å². The minimum Gasteiger partial charge on any atom is -0.493 e. The van der Waals surface area contributed by atoms with Gasteiger partial charge in [0.25, 0.3) is 5.91 Å². The van der Waals surface area contributed by atoms with E-state index in [0.29, 0.717) is 38.0 Å². The highest BCUT2D eigenvalue weighted by molar-refractivity contribution is 5.85. The number of hydrogen-bond donors (Lipinski definition) is 2. The van der Waals surface area contributed by atoms with E-state index >= 15 is 0 Å². The standard InChI is InChI=1S/C30H52N2O5.2ClH/c1-24(2)26(22-25-13-14-27(36-5)28(23-25)37-21-11-20-35-4)12-7-8-15-30(3,34)29(33)31-16-19-32-17-9-6-10-18-32;;/h13-14,23-24,26,34H,6-12,15-22H2,1-5H3,(H,31,33);2*1H/t26-,30+;;/m0../s1. The number of nitrogens with one attached hydrogen (secondary N) is 1. The van der Waals surface area contributed by atoms with E-state index in [1.54, 1.807) is 21.1 Å². The van der Waals surface area contributed by atoms with Crippen molar-refractivity contribution in [3.05, 3.63) is 23.8 Å². The molecule has 0 unspecified atom stereocenters. The molecular formula is C30H54Cl2N2O5. The first-order chi connectivity index (χ1) is 17.8. The van der Waals surface area contributed by atoms with Gasteiger partial charge in [0.1, 0.15) is 5.60 Å². The number of unbranched alkanes of at least 4 members (excludes halogenated alkanes) is 1. The Kier molecular flexibility index (Phi) is 19.9. The number of rotatable bonds is 18. The quantitative estimate of drug-likeness (QED) is 0.213. The molecule has 2 atom stereocenters. The molecule has 0 spiro atoms. The number of piperidine rings is 1. The molecule has 228 valence electrons. The molecule has 7 nitrogen and oxygen atoms in total. The van der Waals surface area contributed by atoms with Crippen LogP contribution >= 0.6 is 24.8 Å². The minimum absolute atomic E-state index is 0. The third-order valence-electron chi connectivity index (χ3n) is 7.56. The van der Waals surface area contributed by atoms with Crippen molar-refractivity contribution in [1.29, 1.82) is 0 Å². The second kappa shape index (κ2) is 20.6. The fourth-order valence-electron chi connectivity index (χ4n) is 5.01. The van der Waals surface area contributed by atoms with Gasteiger partial charge in [-0.1, -0.05) is 39.2 Å². The lowest BCUT2D eigenvalue weighted by atomic mass is 9.84. The number of amides is 1. The van der Waals surface area contributed by atoms with Crippen LogP contribution in [0.2, 0.25) is 0 Å². The van der Waals surface area contributed by atoms with E-state index in [1.165, 1.54) is 24.8 Å². The summed E-state index contributed by atoms with van der Waals surface area (Å²) >= 11 is 0. The molecule has 0 radical (unpaired) electrons. The molecule has 0 saturated carbocycles. The Balaban J connectivity index is 0.00000722. The third-order valence-corrected chi connectivity index (χ3v) is 7.56. The van der Waals surface area contributed by atoms with Crippen LogP contribution in [0, 0.1) is 11.8 Å². The summed E-state index contributed by atoms with van der Waals surface area (Å²) in [4.78, 5) is 15.0. The highest BCUT2D eigenvalue weighted by Gasteiger charge is 2.29. The van der Waals surface area contributed by atoms with Crippen LogP contribution in [0.15, 0.2) is 18.2 Å². The third kappa shape index (κ3) is 14.3. The Labute approximate surface area is 249 Å². The van der Waals surface area contributed by atoms with E-state index in [4.69, 9.17) is 14.2 Å². The Bertz CT molecular complexity index is 789. The normalized spacial score (nSPS) is 16.0. The highest BCUT2D eigenvalue weighted by atomic mass is 35.5. The van der Waals surface area contributed by atoms with Gasteiger partial charge in [-0.05, 0) is 81.6 Å². The SMILES string of the molecule is COCCCOc1cc(C[C@H](CCCC[C@@](C)(O)C(=O)NCCN2CCCCC2)C(C)C)ccc1OC.Cl.Cl. The Hall–Kier alpha value is -1.25. The van der Waals surface area contributed by atoms with Crippen LogP contribution in [0.1, 0.15) is 77.7 Å². The van der Waals surface area contributed by atoms with E-state index in [9.17, 15) is 9.90 Å². The molecule has 1 heterocycles. The van der Waals surface area contributed by atoms with Crippen LogP contribution in [0.25, 0.3) is 0 Å². The lowest BCUT2D eigenvalue weighted by Crippen LogP contribution is -2.47. The van der Waals surface area contributed by atoms with Gasteiger partial charge in [0.2, 0.25) is 0 Å². The van der Waals surface area contributed by atoms with Crippen molar-refractivity contribution < 1.29 is 24.1 Å². The number of nitrogens with zero attached hydrogens (tertiary/aromatic N) is 1. The van der Waals surface area contributed by atoms with E-state index in [2.05, 4.69) is 36.2 Å². The number of carbonyl (C=O) groups is 1. The molecule has 1 aliphatic rings. The average molecular weight is 594 g/mol. The number of aliphatic hydroxyl groups is 1. The predicted molar refractivity (Wildman–Crippen MR) is 164 cm³/mol. The number of methoxy groups -OCH3 is 2. The molecule has 1 amide bonds. The Morgan fingerprint density at radius 1 is 1.05 bits per heavy atom. The first kappa shape index (κ1) is 37.8. The van der Waals surface area contributed by atoms with Gasteiger partial charge in [0.15, 0.2) is 11.5 Å². The van der Waals surface area contributed by atoms with Crippen molar-refractivity contribution in [3.8, 4) is 11.5 Å². The Morgan fingerprint density at radius 2 is 1.77 bits per heavy atom. The fourth-order valence-corrected chi connectivity index (χ4v) is 5.01. The number of hydrogen-bond acceptors (Lipinski definition) is 6. The zero-order valence-corrected chi connectivity index (χ0v) is 26.5. The lowest BCUT2D eigenvalue weighted by Gasteiger charge is -2.28. The first-order valence-electron chi connectivity index (χ1n) is 14.3. The zero-order chi connectivity index (χ0) is 27.1. The molecule has 39 heavy (non-hydrogen) atoms. The second-order valence-electron chi connectivity index (χ2n) is 11.1. The molecule has 1 saturated heterocycles. The topological polar surface area (TPSA) is 80.3 Å². The number of carbonyl (C=O) groups excluding carboxylic acids is 1. The van der Waals surface area contributed by atoms with Crippen molar-refractivity contribution in [2.45, 2.75) is 84.2 Å². The van der Waals surface area contributed by atoms with Crippen molar-refractivity contribution in [2.24, 2.45) is 11.8 Å². The highest BCUT2D eigenvalue weighted by Crippen LogP contribution is 2.31. The van der Waals surface area contributed by atoms with Gasteiger partial charge in [-0.3, -0.25) is 4.79 Å². The number of halogens is 2. The molecule has 1 aliphatic heterocycles. The molecule has 2 N–H and O–H groups in total. The van der Waals surface area contributed by atoms with Crippen LogP contribution in [0.5, 0.6) is 11.5 Å². The maximum Gasteiger partial charge on any atom is 0.251 e. The van der Waals surface area contributed by atoms with Crippen molar-refractivity contribution in [2.75, 3.05) is 53.6 Å². The van der Waals surface area contributed by atoms with Crippen molar-refractivity contribution >= 4 is 30.7 Å². The van der Waals surface area contributed by atoms with Crippen molar-refractivity contribution in [1.82, 2.24) is 10.2 Å². The van der Waals surface area contributed by atoms with E-state index in [-0.39, 0.29) is 30.7 Å². The zero-order valence-electron chi connectivity index (χ0n) is 24.8. The number of ether oxygens (including phenoxy) is 3. The largest absolute Gasteiger partial charge is 0.493 e. The van der Waals surface area contributed by atoms with E-state index in [0.717, 1.165) is 63.2 Å². The van der Waals surface area contributed by atoms with Crippen molar-refractivity contribution in [3.63, 3.8) is 0 Å². The summed E-state index contributed by atoms with van der Waals surface area (Å²) in [5.41, 5.74) is -0.0818. The molecule has 2 rings (SSSR count).